The summed E-state index contributed by atoms with van der Waals surface area (Å²) in [6.45, 7) is 0.323. The lowest BCUT2D eigenvalue weighted by atomic mass is 10.0. The second-order valence-electron chi connectivity index (χ2n) is 4.77. The largest absolute Gasteiger partial charge is 0.496 e. The van der Waals surface area contributed by atoms with Crippen LogP contribution in [0.15, 0.2) is 18.2 Å². The van der Waals surface area contributed by atoms with Crippen molar-refractivity contribution in [3.63, 3.8) is 0 Å². The molecule has 0 unspecified atom stereocenters. The third-order valence-electron chi connectivity index (χ3n) is 3.37. The van der Waals surface area contributed by atoms with Crippen LogP contribution in [0, 0.1) is 0 Å². The minimum absolute atomic E-state index is 0.323. The minimum Gasteiger partial charge on any atom is -0.496 e. The molecular formula is C14H20O4. The molecule has 0 atom stereocenters. The van der Waals surface area contributed by atoms with Crippen LogP contribution in [0.5, 0.6) is 17.2 Å². The summed E-state index contributed by atoms with van der Waals surface area (Å²) in [6, 6.07) is 5.37. The first-order chi connectivity index (χ1) is 8.65. The Bertz CT molecular complexity index is 375. The standard InChI is InChI=1S/C14H20O4/c1-16-11-7-12(17-2)9-13(8-11)18-10-14(15)5-3-4-6-14/h7-9,15H,3-6,10H2,1-2H3. The zero-order valence-corrected chi connectivity index (χ0v) is 10.9. The van der Waals surface area contributed by atoms with Crippen LogP contribution in [0.25, 0.3) is 0 Å². The number of hydrogen-bond acceptors (Lipinski definition) is 4. The highest BCUT2D eigenvalue weighted by Gasteiger charge is 2.31. The fraction of sp³-hybridized carbons (Fsp3) is 0.571. The van der Waals surface area contributed by atoms with E-state index < -0.39 is 5.60 Å². The van der Waals surface area contributed by atoms with Gasteiger partial charge in [-0.2, -0.15) is 0 Å². The topological polar surface area (TPSA) is 47.9 Å². The molecule has 1 saturated carbocycles. The smallest absolute Gasteiger partial charge is 0.126 e. The van der Waals surface area contributed by atoms with Gasteiger partial charge in [-0.3, -0.25) is 0 Å². The molecule has 0 amide bonds. The molecular weight excluding hydrogens is 232 g/mol. The van der Waals surface area contributed by atoms with E-state index in [0.29, 0.717) is 23.9 Å². The predicted molar refractivity (Wildman–Crippen MR) is 68.5 cm³/mol. The van der Waals surface area contributed by atoms with Gasteiger partial charge < -0.3 is 19.3 Å². The normalized spacial score (nSPS) is 17.5. The summed E-state index contributed by atoms with van der Waals surface area (Å²) >= 11 is 0. The molecule has 100 valence electrons. The molecule has 0 bridgehead atoms. The summed E-state index contributed by atoms with van der Waals surface area (Å²) in [5, 5.41) is 10.2. The zero-order valence-electron chi connectivity index (χ0n) is 10.9. The Morgan fingerprint density at radius 3 is 2.00 bits per heavy atom. The molecule has 0 aromatic heterocycles. The zero-order chi connectivity index (χ0) is 13.0. The summed E-state index contributed by atoms with van der Waals surface area (Å²) in [6.07, 6.45) is 3.77. The molecule has 1 aliphatic carbocycles. The van der Waals surface area contributed by atoms with Crippen molar-refractivity contribution in [2.24, 2.45) is 0 Å². The number of benzene rings is 1. The first kappa shape index (κ1) is 13.0. The molecule has 0 spiro atoms. The molecule has 0 radical (unpaired) electrons. The Hall–Kier alpha value is -1.42. The Balaban J connectivity index is 2.04. The van der Waals surface area contributed by atoms with E-state index in [-0.39, 0.29) is 0 Å². The van der Waals surface area contributed by atoms with E-state index in [0.717, 1.165) is 25.7 Å². The van der Waals surface area contributed by atoms with Gasteiger partial charge in [0.05, 0.1) is 19.8 Å². The van der Waals surface area contributed by atoms with E-state index in [9.17, 15) is 5.11 Å². The molecule has 4 nitrogen and oxygen atoms in total. The summed E-state index contributed by atoms with van der Waals surface area (Å²) in [4.78, 5) is 0. The lowest BCUT2D eigenvalue weighted by Gasteiger charge is -2.22. The molecule has 2 rings (SSSR count). The fourth-order valence-electron chi connectivity index (χ4n) is 2.26. The molecule has 4 heteroatoms. The predicted octanol–water partition coefficient (Wildman–Crippen LogP) is 2.39. The minimum atomic E-state index is -0.670. The van der Waals surface area contributed by atoms with Crippen LogP contribution in [0.2, 0.25) is 0 Å². The third kappa shape index (κ3) is 3.07. The second kappa shape index (κ2) is 5.48. The molecule has 0 aliphatic heterocycles. The van der Waals surface area contributed by atoms with Gasteiger partial charge in [0.1, 0.15) is 23.9 Å². The molecule has 1 N–H and O–H groups in total. The molecule has 1 fully saturated rings. The summed E-state index contributed by atoms with van der Waals surface area (Å²) in [5.41, 5.74) is -0.670. The SMILES string of the molecule is COc1cc(OC)cc(OCC2(O)CCCC2)c1. The van der Waals surface area contributed by atoms with E-state index >= 15 is 0 Å². The van der Waals surface area contributed by atoms with Crippen molar-refractivity contribution in [3.05, 3.63) is 18.2 Å². The van der Waals surface area contributed by atoms with Crippen molar-refractivity contribution in [1.82, 2.24) is 0 Å². The van der Waals surface area contributed by atoms with Crippen LogP contribution in [0.4, 0.5) is 0 Å². The van der Waals surface area contributed by atoms with Gasteiger partial charge in [0.2, 0.25) is 0 Å². The van der Waals surface area contributed by atoms with E-state index in [1.807, 2.05) is 0 Å². The summed E-state index contributed by atoms with van der Waals surface area (Å²) in [7, 11) is 3.20. The fourth-order valence-corrected chi connectivity index (χ4v) is 2.26. The summed E-state index contributed by atoms with van der Waals surface area (Å²) in [5.74, 6) is 2.03. The molecule has 0 heterocycles. The lowest BCUT2D eigenvalue weighted by Crippen LogP contribution is -2.32. The van der Waals surface area contributed by atoms with Crippen molar-refractivity contribution in [1.29, 1.82) is 0 Å². The van der Waals surface area contributed by atoms with Crippen molar-refractivity contribution < 1.29 is 19.3 Å². The number of aliphatic hydroxyl groups is 1. The van der Waals surface area contributed by atoms with Crippen molar-refractivity contribution in [2.45, 2.75) is 31.3 Å². The quantitative estimate of drug-likeness (QED) is 0.874. The molecule has 18 heavy (non-hydrogen) atoms. The third-order valence-corrected chi connectivity index (χ3v) is 3.37. The molecule has 1 aliphatic rings. The van der Waals surface area contributed by atoms with Crippen molar-refractivity contribution >= 4 is 0 Å². The van der Waals surface area contributed by atoms with E-state index in [2.05, 4.69) is 0 Å². The van der Waals surface area contributed by atoms with Crippen LogP contribution in [-0.2, 0) is 0 Å². The van der Waals surface area contributed by atoms with Crippen molar-refractivity contribution in [3.8, 4) is 17.2 Å². The maximum Gasteiger partial charge on any atom is 0.126 e. The first-order valence-electron chi connectivity index (χ1n) is 6.23. The Labute approximate surface area is 107 Å². The Kier molecular flexibility index (Phi) is 3.97. The van der Waals surface area contributed by atoms with Crippen LogP contribution < -0.4 is 14.2 Å². The Morgan fingerprint density at radius 1 is 1.00 bits per heavy atom. The van der Waals surface area contributed by atoms with Gasteiger partial charge in [0.25, 0.3) is 0 Å². The van der Waals surface area contributed by atoms with E-state index in [1.165, 1.54) is 0 Å². The first-order valence-corrected chi connectivity index (χ1v) is 6.23. The molecule has 1 aromatic carbocycles. The maximum atomic E-state index is 10.2. The van der Waals surface area contributed by atoms with E-state index in [1.54, 1.807) is 32.4 Å². The molecule has 0 saturated heterocycles. The highest BCUT2D eigenvalue weighted by Crippen LogP contribution is 2.32. The van der Waals surface area contributed by atoms with Gasteiger partial charge >= 0.3 is 0 Å². The van der Waals surface area contributed by atoms with Crippen molar-refractivity contribution in [2.75, 3.05) is 20.8 Å². The van der Waals surface area contributed by atoms with Crippen LogP contribution in [0.1, 0.15) is 25.7 Å². The maximum absolute atomic E-state index is 10.2. The Morgan fingerprint density at radius 2 is 1.50 bits per heavy atom. The highest BCUT2D eigenvalue weighted by molar-refractivity contribution is 5.42. The van der Waals surface area contributed by atoms with Gasteiger partial charge in [-0.05, 0) is 12.8 Å². The van der Waals surface area contributed by atoms with Gasteiger partial charge in [-0.25, -0.2) is 0 Å². The second-order valence-corrected chi connectivity index (χ2v) is 4.77. The highest BCUT2D eigenvalue weighted by atomic mass is 16.5. The van der Waals surface area contributed by atoms with Crippen LogP contribution in [0.3, 0.4) is 0 Å². The van der Waals surface area contributed by atoms with Gasteiger partial charge in [-0.1, -0.05) is 12.8 Å². The van der Waals surface area contributed by atoms with Crippen LogP contribution in [-0.4, -0.2) is 31.5 Å². The van der Waals surface area contributed by atoms with E-state index in [4.69, 9.17) is 14.2 Å². The van der Waals surface area contributed by atoms with Crippen LogP contribution >= 0.6 is 0 Å². The average molecular weight is 252 g/mol. The van der Waals surface area contributed by atoms with Gasteiger partial charge in [0.15, 0.2) is 0 Å². The number of ether oxygens (including phenoxy) is 3. The average Bonchev–Trinajstić information content (AvgIpc) is 2.83. The lowest BCUT2D eigenvalue weighted by molar-refractivity contribution is 0.00129. The summed E-state index contributed by atoms with van der Waals surface area (Å²) < 4.78 is 16.0. The van der Waals surface area contributed by atoms with Gasteiger partial charge in [0, 0.05) is 18.2 Å². The number of hydrogen-bond donors (Lipinski definition) is 1. The number of rotatable bonds is 5. The molecule has 1 aromatic rings. The monoisotopic (exact) mass is 252 g/mol. The van der Waals surface area contributed by atoms with Gasteiger partial charge in [-0.15, -0.1) is 0 Å². The number of methoxy groups -OCH3 is 2.